The summed E-state index contributed by atoms with van der Waals surface area (Å²) in [5, 5.41) is 0. The minimum absolute atomic E-state index is 0.175. The predicted octanol–water partition coefficient (Wildman–Crippen LogP) is 2.85. The van der Waals surface area contributed by atoms with Gasteiger partial charge in [-0.1, -0.05) is 6.58 Å². The van der Waals surface area contributed by atoms with Crippen molar-refractivity contribution in [2.45, 2.75) is 6.92 Å². The van der Waals surface area contributed by atoms with E-state index in [4.69, 9.17) is 0 Å². The molecule has 3 heteroatoms. The third kappa shape index (κ3) is 7.68. The molecule has 2 nitrogen and oxygen atoms in total. The summed E-state index contributed by atoms with van der Waals surface area (Å²) >= 11 is -0.175. The van der Waals surface area contributed by atoms with E-state index in [9.17, 15) is 0 Å². The lowest BCUT2D eigenvalue weighted by Gasteiger charge is -1.69. The summed E-state index contributed by atoms with van der Waals surface area (Å²) in [6, 6.07) is 0. The normalized spacial score (nSPS) is 13.0. The Kier molecular flexibility index (Phi) is 7.41. The fourth-order valence-corrected chi connectivity index (χ4v) is 0.959. The molecule has 0 aromatic heterocycles. The van der Waals surface area contributed by atoms with Gasteiger partial charge in [-0.05, 0) is 6.92 Å². The molecule has 0 aromatic carbocycles. The van der Waals surface area contributed by atoms with Crippen LogP contribution in [0, 0.1) is 0 Å². The Balaban J connectivity index is 3.46. The molecule has 0 spiro atoms. The summed E-state index contributed by atoms with van der Waals surface area (Å²) in [5.74, 6) is 0. The molecule has 0 atom stereocenters. The Labute approximate surface area is 65.5 Å². The molecule has 50 valence electrons. The summed E-state index contributed by atoms with van der Waals surface area (Å²) in [7, 11) is 0. The van der Waals surface area contributed by atoms with Crippen molar-refractivity contribution in [2.24, 2.45) is 8.14 Å². The molecular weight excluding hydrogens is 227 g/mol. The molecule has 0 aliphatic rings. The summed E-state index contributed by atoms with van der Waals surface area (Å²) in [6.07, 6.45) is 5.09. The highest BCUT2D eigenvalue weighted by Gasteiger charge is 1.58. The number of hydrogen-bond donors (Lipinski definition) is 0. The van der Waals surface area contributed by atoms with Crippen LogP contribution in [0.5, 0.6) is 0 Å². The van der Waals surface area contributed by atoms with Crippen molar-refractivity contribution in [3.63, 3.8) is 0 Å². The third-order valence-corrected chi connectivity index (χ3v) is 1.83. The van der Waals surface area contributed by atoms with Crippen LogP contribution in [0.1, 0.15) is 6.92 Å². The molecule has 0 saturated carbocycles. The van der Waals surface area contributed by atoms with E-state index in [1.54, 1.807) is 18.6 Å². The first-order valence-electron chi connectivity index (χ1n) is 2.48. The number of nitrogens with zero attached hydrogens (tertiary/aromatic N) is 2. The molecule has 0 aromatic rings. The van der Waals surface area contributed by atoms with Gasteiger partial charge in [-0.2, -0.15) is 0 Å². The maximum atomic E-state index is 3.96. The average Bonchev–Trinajstić information content (AvgIpc) is 1.89. The van der Waals surface area contributed by atoms with Gasteiger partial charge in [0.05, 0.1) is 0 Å². The molecular formula is C6H9IN2. The van der Waals surface area contributed by atoms with Crippen LogP contribution in [-0.4, -0.2) is 6.21 Å². The monoisotopic (exact) mass is 236 g/mol. The van der Waals surface area contributed by atoms with Crippen molar-refractivity contribution in [2.75, 3.05) is 0 Å². The molecule has 0 heterocycles. The summed E-state index contributed by atoms with van der Waals surface area (Å²) in [4.78, 5) is 3.87. The van der Waals surface area contributed by atoms with Gasteiger partial charge in [0.25, 0.3) is 0 Å². The smallest absolute Gasteiger partial charge is 0.0334 e. The molecule has 0 unspecified atom stereocenters. The van der Waals surface area contributed by atoms with Crippen LogP contribution in [0.3, 0.4) is 0 Å². The molecule has 0 amide bonds. The van der Waals surface area contributed by atoms with Crippen molar-refractivity contribution in [3.8, 4) is 0 Å². The van der Waals surface area contributed by atoms with E-state index in [1.165, 1.54) is 0 Å². The first kappa shape index (κ1) is 8.68. The topological polar surface area (TPSA) is 24.7 Å². The van der Waals surface area contributed by atoms with Crippen molar-refractivity contribution in [1.82, 2.24) is 0 Å². The van der Waals surface area contributed by atoms with Crippen LogP contribution >= 0.6 is 21.0 Å². The predicted molar refractivity (Wildman–Crippen MR) is 50.0 cm³/mol. The van der Waals surface area contributed by atoms with Crippen LogP contribution in [0.4, 0.5) is 0 Å². The van der Waals surface area contributed by atoms with Crippen LogP contribution in [0.2, 0.25) is 0 Å². The number of halogens is 1. The molecule has 0 N–H and O–H groups in total. The standard InChI is InChI=1S/C6H9IN2/c1-3-8-6-5-7-9-4-2/h3-6H,2H2,1H3/b6-5-,8-3?. The molecule has 0 fully saturated rings. The quantitative estimate of drug-likeness (QED) is 0.531. The minimum atomic E-state index is -0.175. The van der Waals surface area contributed by atoms with Gasteiger partial charge in [-0.3, -0.25) is 4.99 Å². The summed E-state index contributed by atoms with van der Waals surface area (Å²) in [6.45, 7) is 5.35. The van der Waals surface area contributed by atoms with Crippen LogP contribution in [-0.2, 0) is 0 Å². The second kappa shape index (κ2) is 7.68. The maximum Gasteiger partial charge on any atom is 0.0334 e. The van der Waals surface area contributed by atoms with Crippen LogP contribution in [0.15, 0.2) is 31.2 Å². The Morgan fingerprint density at radius 2 is 2.33 bits per heavy atom. The molecule has 0 bridgehead atoms. The molecule has 0 rings (SSSR count). The van der Waals surface area contributed by atoms with Gasteiger partial charge >= 0.3 is 0 Å². The highest BCUT2D eigenvalue weighted by molar-refractivity contribution is 14.2. The van der Waals surface area contributed by atoms with E-state index in [1.807, 2.05) is 11.0 Å². The minimum Gasteiger partial charge on any atom is -0.269 e. The Bertz CT molecular complexity index is 147. The van der Waals surface area contributed by atoms with E-state index in [0.717, 1.165) is 0 Å². The van der Waals surface area contributed by atoms with Crippen molar-refractivity contribution < 1.29 is 0 Å². The lowest BCUT2D eigenvalue weighted by atomic mass is 10.9. The third-order valence-electron chi connectivity index (χ3n) is 0.473. The molecule has 0 aliphatic carbocycles. The SMILES string of the molecule is C=CN=I/C=C\N=CC. The Morgan fingerprint density at radius 3 is 2.89 bits per heavy atom. The lowest BCUT2D eigenvalue weighted by Crippen LogP contribution is -1.49. The van der Waals surface area contributed by atoms with Gasteiger partial charge in [0.1, 0.15) is 0 Å². The zero-order chi connectivity index (χ0) is 6.95. The number of rotatable bonds is 3. The van der Waals surface area contributed by atoms with Crippen molar-refractivity contribution in [3.05, 3.63) is 23.1 Å². The van der Waals surface area contributed by atoms with E-state index >= 15 is 0 Å². The Morgan fingerprint density at radius 1 is 1.56 bits per heavy atom. The van der Waals surface area contributed by atoms with Crippen LogP contribution < -0.4 is 0 Å². The summed E-state index contributed by atoms with van der Waals surface area (Å²) < 4.78 is 5.93. The van der Waals surface area contributed by atoms with Gasteiger partial charge in [-0.25, -0.2) is 3.15 Å². The van der Waals surface area contributed by atoms with E-state index in [0.29, 0.717) is 0 Å². The second-order valence-electron chi connectivity index (χ2n) is 1.06. The van der Waals surface area contributed by atoms with Gasteiger partial charge in [-0.15, -0.1) is 0 Å². The molecule has 0 aliphatic heterocycles. The fraction of sp³-hybridized carbons (Fsp3) is 0.167. The van der Waals surface area contributed by atoms with Crippen molar-refractivity contribution >= 4 is 27.2 Å². The highest BCUT2D eigenvalue weighted by atomic mass is 127. The highest BCUT2D eigenvalue weighted by Crippen LogP contribution is 2.01. The second-order valence-corrected chi connectivity index (χ2v) is 2.89. The first-order chi connectivity index (χ1) is 4.41. The molecule has 0 radical (unpaired) electrons. The Hall–Kier alpha value is -0.320. The summed E-state index contributed by atoms with van der Waals surface area (Å²) in [5.41, 5.74) is 0. The van der Waals surface area contributed by atoms with E-state index in [-0.39, 0.29) is 21.0 Å². The van der Waals surface area contributed by atoms with Gasteiger partial charge in [0, 0.05) is 43.7 Å². The lowest BCUT2D eigenvalue weighted by molar-refractivity contribution is 1.60. The maximum absolute atomic E-state index is 3.96. The average molecular weight is 236 g/mol. The van der Waals surface area contributed by atoms with Crippen LogP contribution in [0.25, 0.3) is 0 Å². The first-order valence-corrected chi connectivity index (χ1v) is 4.69. The zero-order valence-corrected chi connectivity index (χ0v) is 7.45. The van der Waals surface area contributed by atoms with Crippen molar-refractivity contribution in [1.29, 1.82) is 0 Å². The van der Waals surface area contributed by atoms with Gasteiger partial charge in [0.15, 0.2) is 0 Å². The molecule has 9 heavy (non-hydrogen) atoms. The van der Waals surface area contributed by atoms with E-state index < -0.39 is 0 Å². The van der Waals surface area contributed by atoms with Gasteiger partial charge < -0.3 is 0 Å². The number of hydrogen-bond acceptors (Lipinski definition) is 2. The number of aliphatic imine (C=N–C) groups is 1. The largest absolute Gasteiger partial charge is 0.269 e. The zero-order valence-electron chi connectivity index (χ0n) is 5.29. The van der Waals surface area contributed by atoms with E-state index in [2.05, 4.69) is 14.7 Å². The van der Waals surface area contributed by atoms with Gasteiger partial charge in [0.2, 0.25) is 0 Å². The molecule has 0 saturated heterocycles. The fourth-order valence-electron chi connectivity index (χ4n) is 0.216.